The van der Waals surface area contributed by atoms with Crippen molar-refractivity contribution >= 4 is 11.8 Å². The van der Waals surface area contributed by atoms with Gasteiger partial charge in [0.2, 0.25) is 0 Å². The minimum absolute atomic E-state index is 0.185. The lowest BCUT2D eigenvalue weighted by Crippen LogP contribution is -2.37. The molecule has 25 heavy (non-hydrogen) atoms. The largest absolute Gasteiger partial charge is 0.464 e. The van der Waals surface area contributed by atoms with Gasteiger partial charge in [0.25, 0.3) is 0 Å². The van der Waals surface area contributed by atoms with Gasteiger partial charge in [0, 0.05) is 25.8 Å². The molecule has 1 aliphatic heterocycles. The molecule has 0 bridgehead atoms. The Hall–Kier alpha value is -2.54. The number of ether oxygens (including phenoxy) is 1. The second kappa shape index (κ2) is 8.02. The molecule has 2 aromatic rings. The summed E-state index contributed by atoms with van der Waals surface area (Å²) in [6.45, 7) is 7.32. The average molecular weight is 344 g/mol. The number of morpholine rings is 1. The number of rotatable bonds is 5. The van der Waals surface area contributed by atoms with E-state index in [1.165, 1.54) is 0 Å². The Morgan fingerprint density at radius 3 is 2.84 bits per heavy atom. The number of aromatic nitrogens is 1. The van der Waals surface area contributed by atoms with E-state index in [-0.39, 0.29) is 12.1 Å². The van der Waals surface area contributed by atoms with Crippen molar-refractivity contribution in [1.29, 1.82) is 0 Å². The second-order valence-corrected chi connectivity index (χ2v) is 6.12. The van der Waals surface area contributed by atoms with Gasteiger partial charge >= 0.3 is 6.03 Å². The first-order valence-corrected chi connectivity index (χ1v) is 8.50. The molecule has 1 aliphatic rings. The van der Waals surface area contributed by atoms with Crippen LogP contribution in [-0.4, -0.2) is 37.3 Å². The molecule has 7 nitrogen and oxygen atoms in total. The Bertz CT molecular complexity index is 710. The zero-order valence-electron chi connectivity index (χ0n) is 14.6. The highest BCUT2D eigenvalue weighted by Gasteiger charge is 2.14. The average Bonchev–Trinajstić information content (AvgIpc) is 3.08. The standard InChI is InChI=1S/C18H24N4O3/c1-13-3-4-16(25-13)14(2)21-18(23)20-12-15-5-6-19-17(11-15)22-7-9-24-10-8-22/h3-6,11,14H,7-10,12H2,1-2H3,(H2,20,21,23)/t14-/m1/s1. The molecular formula is C18H24N4O3. The quantitative estimate of drug-likeness (QED) is 0.870. The highest BCUT2D eigenvalue weighted by atomic mass is 16.5. The molecule has 0 radical (unpaired) electrons. The maximum atomic E-state index is 12.1. The fraction of sp³-hybridized carbons (Fsp3) is 0.444. The van der Waals surface area contributed by atoms with Crippen molar-refractivity contribution in [3.8, 4) is 0 Å². The van der Waals surface area contributed by atoms with E-state index in [4.69, 9.17) is 9.15 Å². The summed E-state index contributed by atoms with van der Waals surface area (Å²) in [5.74, 6) is 2.49. The summed E-state index contributed by atoms with van der Waals surface area (Å²) in [7, 11) is 0. The molecule has 2 aromatic heterocycles. The molecule has 0 unspecified atom stereocenters. The lowest BCUT2D eigenvalue weighted by atomic mass is 10.2. The summed E-state index contributed by atoms with van der Waals surface area (Å²) in [5, 5.41) is 5.75. The van der Waals surface area contributed by atoms with Crippen LogP contribution in [0.1, 0.15) is 30.0 Å². The van der Waals surface area contributed by atoms with Crippen LogP contribution >= 0.6 is 0 Å². The summed E-state index contributed by atoms with van der Waals surface area (Å²) >= 11 is 0. The van der Waals surface area contributed by atoms with E-state index in [0.29, 0.717) is 6.54 Å². The maximum absolute atomic E-state index is 12.1. The van der Waals surface area contributed by atoms with Gasteiger partial charge in [-0.3, -0.25) is 0 Å². The zero-order chi connectivity index (χ0) is 17.6. The van der Waals surface area contributed by atoms with Crippen LogP contribution in [0, 0.1) is 6.92 Å². The number of amides is 2. The summed E-state index contributed by atoms with van der Waals surface area (Å²) in [6.07, 6.45) is 1.77. The summed E-state index contributed by atoms with van der Waals surface area (Å²) in [5.41, 5.74) is 1.01. The predicted octanol–water partition coefficient (Wildman–Crippen LogP) is 2.38. The van der Waals surface area contributed by atoms with Gasteiger partial charge < -0.3 is 24.7 Å². The van der Waals surface area contributed by atoms with Crippen molar-refractivity contribution in [3.05, 3.63) is 47.5 Å². The minimum atomic E-state index is -0.230. The van der Waals surface area contributed by atoms with Crippen LogP contribution in [0.25, 0.3) is 0 Å². The fourth-order valence-electron chi connectivity index (χ4n) is 2.72. The van der Waals surface area contributed by atoms with Gasteiger partial charge in [-0.1, -0.05) is 0 Å². The van der Waals surface area contributed by atoms with E-state index in [1.54, 1.807) is 6.20 Å². The molecule has 7 heteroatoms. The number of hydrogen-bond acceptors (Lipinski definition) is 5. The van der Waals surface area contributed by atoms with Crippen molar-refractivity contribution < 1.29 is 13.9 Å². The normalized spacial score (nSPS) is 15.7. The number of aryl methyl sites for hydroxylation is 1. The van der Waals surface area contributed by atoms with E-state index in [2.05, 4.69) is 20.5 Å². The lowest BCUT2D eigenvalue weighted by molar-refractivity contribution is 0.122. The van der Waals surface area contributed by atoms with Gasteiger partial charge in [-0.25, -0.2) is 9.78 Å². The molecule has 134 valence electrons. The van der Waals surface area contributed by atoms with E-state index in [1.807, 2.05) is 38.1 Å². The van der Waals surface area contributed by atoms with E-state index in [0.717, 1.165) is 49.2 Å². The Balaban J connectivity index is 1.51. The molecule has 0 saturated carbocycles. The van der Waals surface area contributed by atoms with E-state index in [9.17, 15) is 4.79 Å². The number of pyridine rings is 1. The zero-order valence-corrected chi connectivity index (χ0v) is 14.6. The Morgan fingerprint density at radius 1 is 1.32 bits per heavy atom. The topological polar surface area (TPSA) is 79.6 Å². The van der Waals surface area contributed by atoms with Crippen LogP contribution < -0.4 is 15.5 Å². The highest BCUT2D eigenvalue weighted by molar-refractivity contribution is 5.74. The van der Waals surface area contributed by atoms with Gasteiger partial charge in [0.1, 0.15) is 17.3 Å². The number of nitrogens with zero attached hydrogens (tertiary/aromatic N) is 2. The van der Waals surface area contributed by atoms with Gasteiger partial charge in [-0.2, -0.15) is 0 Å². The number of carbonyl (C=O) groups excluding carboxylic acids is 1. The van der Waals surface area contributed by atoms with Crippen molar-refractivity contribution in [2.75, 3.05) is 31.2 Å². The molecule has 1 fully saturated rings. The third kappa shape index (κ3) is 4.73. The number of urea groups is 1. The van der Waals surface area contributed by atoms with Gasteiger partial charge in [-0.05, 0) is 43.7 Å². The molecule has 2 N–H and O–H groups in total. The predicted molar refractivity (Wildman–Crippen MR) is 94.5 cm³/mol. The lowest BCUT2D eigenvalue weighted by Gasteiger charge is -2.28. The SMILES string of the molecule is Cc1ccc([C@@H](C)NC(=O)NCc2ccnc(N3CCOCC3)c2)o1. The fourth-order valence-corrected chi connectivity index (χ4v) is 2.72. The van der Waals surface area contributed by atoms with Crippen LogP contribution in [0.4, 0.5) is 10.6 Å². The molecule has 0 spiro atoms. The number of carbonyl (C=O) groups is 1. The second-order valence-electron chi connectivity index (χ2n) is 6.12. The molecule has 1 saturated heterocycles. The third-order valence-electron chi connectivity index (χ3n) is 4.13. The number of anilines is 1. The van der Waals surface area contributed by atoms with Crippen LogP contribution in [-0.2, 0) is 11.3 Å². The first-order chi connectivity index (χ1) is 12.1. The highest BCUT2D eigenvalue weighted by Crippen LogP contribution is 2.16. The van der Waals surface area contributed by atoms with Crippen LogP contribution in [0.5, 0.6) is 0 Å². The molecule has 2 amide bonds. The van der Waals surface area contributed by atoms with Crippen molar-refractivity contribution in [1.82, 2.24) is 15.6 Å². The number of furan rings is 1. The molecule has 0 aromatic carbocycles. The van der Waals surface area contributed by atoms with E-state index >= 15 is 0 Å². The van der Waals surface area contributed by atoms with Gasteiger partial charge in [0.05, 0.1) is 19.3 Å². The number of nitrogens with one attached hydrogen (secondary N) is 2. The Labute approximate surface area is 147 Å². The van der Waals surface area contributed by atoms with Crippen molar-refractivity contribution in [3.63, 3.8) is 0 Å². The van der Waals surface area contributed by atoms with Gasteiger partial charge in [0.15, 0.2) is 0 Å². The van der Waals surface area contributed by atoms with Crippen molar-refractivity contribution in [2.45, 2.75) is 26.4 Å². The minimum Gasteiger partial charge on any atom is -0.464 e. The van der Waals surface area contributed by atoms with Crippen LogP contribution in [0.15, 0.2) is 34.9 Å². The molecular weight excluding hydrogens is 320 g/mol. The summed E-state index contributed by atoms with van der Waals surface area (Å²) < 4.78 is 10.9. The smallest absolute Gasteiger partial charge is 0.315 e. The Morgan fingerprint density at radius 2 is 2.12 bits per heavy atom. The molecule has 0 aliphatic carbocycles. The molecule has 3 rings (SSSR count). The van der Waals surface area contributed by atoms with Crippen LogP contribution in [0.2, 0.25) is 0 Å². The monoisotopic (exact) mass is 344 g/mol. The Kier molecular flexibility index (Phi) is 5.55. The summed E-state index contributed by atoms with van der Waals surface area (Å²) in [6, 6.07) is 7.25. The molecule has 3 heterocycles. The first kappa shape index (κ1) is 17.3. The van der Waals surface area contributed by atoms with Crippen molar-refractivity contribution in [2.24, 2.45) is 0 Å². The molecule has 1 atom stereocenters. The van der Waals surface area contributed by atoms with Crippen LogP contribution in [0.3, 0.4) is 0 Å². The number of hydrogen-bond donors (Lipinski definition) is 2. The summed E-state index contributed by atoms with van der Waals surface area (Å²) in [4.78, 5) is 18.7. The first-order valence-electron chi connectivity index (χ1n) is 8.50. The maximum Gasteiger partial charge on any atom is 0.315 e. The van der Waals surface area contributed by atoms with E-state index < -0.39 is 0 Å². The third-order valence-corrected chi connectivity index (χ3v) is 4.13. The van der Waals surface area contributed by atoms with Gasteiger partial charge in [-0.15, -0.1) is 0 Å².